The summed E-state index contributed by atoms with van der Waals surface area (Å²) in [4.78, 5) is 17.7. The van der Waals surface area contributed by atoms with Crippen LogP contribution in [-0.4, -0.2) is 27.9 Å². The van der Waals surface area contributed by atoms with Gasteiger partial charge in [-0.15, -0.1) is 11.3 Å². The number of phenols is 1. The average Bonchev–Trinajstić information content (AvgIpc) is 2.74. The van der Waals surface area contributed by atoms with Crippen LogP contribution >= 0.6 is 11.3 Å². The van der Waals surface area contributed by atoms with Gasteiger partial charge in [0.1, 0.15) is 5.75 Å². The molecule has 0 atom stereocenters. The van der Waals surface area contributed by atoms with E-state index in [1.165, 1.54) is 11.3 Å². The van der Waals surface area contributed by atoms with Gasteiger partial charge >= 0.3 is 0 Å². The summed E-state index contributed by atoms with van der Waals surface area (Å²) in [6.45, 7) is 0.451. The minimum Gasteiger partial charge on any atom is -0.508 e. The van der Waals surface area contributed by atoms with Crippen molar-refractivity contribution in [2.75, 3.05) is 12.8 Å². The highest BCUT2D eigenvalue weighted by molar-refractivity contribution is 7.13. The van der Waals surface area contributed by atoms with Gasteiger partial charge in [-0.3, -0.25) is 4.79 Å². The molecule has 0 aliphatic heterocycles. The van der Waals surface area contributed by atoms with E-state index >= 15 is 0 Å². The molecule has 0 saturated carbocycles. The number of carbonyl (C=O) groups is 1. The van der Waals surface area contributed by atoms with E-state index in [0.29, 0.717) is 17.4 Å². The van der Waals surface area contributed by atoms with Crippen molar-refractivity contribution in [1.29, 1.82) is 0 Å². The molecule has 5 nitrogen and oxygen atoms in total. The highest BCUT2D eigenvalue weighted by Gasteiger charge is 2.12. The summed E-state index contributed by atoms with van der Waals surface area (Å²) in [6, 6.07) is 6.86. The summed E-state index contributed by atoms with van der Waals surface area (Å²) in [5, 5.41) is 11.6. The molecule has 1 aromatic heterocycles. The molecule has 0 saturated heterocycles. The van der Waals surface area contributed by atoms with Gasteiger partial charge in [-0.05, 0) is 17.7 Å². The smallest absolute Gasteiger partial charge is 0.228 e. The molecule has 100 valence electrons. The van der Waals surface area contributed by atoms with Gasteiger partial charge in [0.05, 0.1) is 12.1 Å². The summed E-state index contributed by atoms with van der Waals surface area (Å²) < 4.78 is 0. The predicted molar refractivity (Wildman–Crippen MR) is 74.8 cm³/mol. The number of nitrogen functional groups attached to an aromatic ring is 1. The number of thiazole rings is 1. The van der Waals surface area contributed by atoms with E-state index in [9.17, 15) is 9.90 Å². The van der Waals surface area contributed by atoms with Crippen molar-refractivity contribution >= 4 is 22.4 Å². The van der Waals surface area contributed by atoms with Crippen LogP contribution in [0.4, 0.5) is 5.13 Å². The maximum Gasteiger partial charge on any atom is 0.228 e. The molecule has 2 rings (SSSR count). The van der Waals surface area contributed by atoms with Gasteiger partial charge in [-0.25, -0.2) is 4.98 Å². The number of phenolic OH excluding ortho intramolecular Hbond substituents is 1. The number of carbonyl (C=O) groups excluding carboxylic acids is 1. The van der Waals surface area contributed by atoms with Crippen molar-refractivity contribution in [2.45, 2.75) is 13.0 Å². The molecule has 0 spiro atoms. The lowest BCUT2D eigenvalue weighted by molar-refractivity contribution is -0.129. The Labute approximate surface area is 115 Å². The standard InChI is InChI=1S/C13H15N3O2S/c1-16(7-9-3-2-4-11(17)5-9)12(18)6-10-8-19-13(14)15-10/h2-5,8,17H,6-7H2,1H3,(H2,14,15). The van der Waals surface area contributed by atoms with Crippen LogP contribution in [0.15, 0.2) is 29.6 Å². The maximum atomic E-state index is 12.0. The summed E-state index contributed by atoms with van der Waals surface area (Å²) >= 11 is 1.33. The van der Waals surface area contributed by atoms with Gasteiger partial charge < -0.3 is 15.7 Å². The SMILES string of the molecule is CN(Cc1cccc(O)c1)C(=O)Cc1csc(N)n1. The van der Waals surface area contributed by atoms with Crippen molar-refractivity contribution in [2.24, 2.45) is 0 Å². The van der Waals surface area contributed by atoms with Crippen LogP contribution in [-0.2, 0) is 17.8 Å². The number of aromatic nitrogens is 1. The van der Waals surface area contributed by atoms with Crippen LogP contribution in [0.3, 0.4) is 0 Å². The van der Waals surface area contributed by atoms with Gasteiger partial charge in [0.15, 0.2) is 5.13 Å². The number of aromatic hydroxyl groups is 1. The van der Waals surface area contributed by atoms with Crippen LogP contribution < -0.4 is 5.73 Å². The molecule has 0 bridgehead atoms. The fraction of sp³-hybridized carbons (Fsp3) is 0.231. The van der Waals surface area contributed by atoms with Crippen molar-refractivity contribution in [3.63, 3.8) is 0 Å². The van der Waals surface area contributed by atoms with Gasteiger partial charge in [-0.2, -0.15) is 0 Å². The van der Waals surface area contributed by atoms with Crippen LogP contribution in [0.2, 0.25) is 0 Å². The van der Waals surface area contributed by atoms with E-state index in [-0.39, 0.29) is 18.1 Å². The lowest BCUT2D eigenvalue weighted by Crippen LogP contribution is -2.27. The zero-order valence-corrected chi connectivity index (χ0v) is 11.4. The lowest BCUT2D eigenvalue weighted by Gasteiger charge is -2.16. The second-order valence-corrected chi connectivity index (χ2v) is 5.16. The minimum atomic E-state index is -0.0337. The molecule has 0 radical (unpaired) electrons. The zero-order chi connectivity index (χ0) is 13.8. The van der Waals surface area contributed by atoms with E-state index < -0.39 is 0 Å². The zero-order valence-electron chi connectivity index (χ0n) is 10.5. The minimum absolute atomic E-state index is 0.0337. The monoisotopic (exact) mass is 277 g/mol. The van der Waals surface area contributed by atoms with Crippen LogP contribution in [0.5, 0.6) is 5.75 Å². The molecule has 0 aliphatic carbocycles. The average molecular weight is 277 g/mol. The second kappa shape index (κ2) is 5.71. The first-order chi connectivity index (χ1) is 9.04. The van der Waals surface area contributed by atoms with Crippen molar-refractivity contribution in [1.82, 2.24) is 9.88 Å². The van der Waals surface area contributed by atoms with Gasteiger partial charge in [0.25, 0.3) is 0 Å². The summed E-state index contributed by atoms with van der Waals surface area (Å²) in [6.07, 6.45) is 0.239. The Kier molecular flexibility index (Phi) is 4.01. The van der Waals surface area contributed by atoms with E-state index in [1.54, 1.807) is 35.5 Å². The predicted octanol–water partition coefficient (Wildman–Crippen LogP) is 1.63. The molecule has 0 fully saturated rings. The van der Waals surface area contributed by atoms with Gasteiger partial charge in [0, 0.05) is 19.0 Å². The summed E-state index contributed by atoms with van der Waals surface area (Å²) in [5.74, 6) is 0.166. The number of benzene rings is 1. The highest BCUT2D eigenvalue weighted by Crippen LogP contribution is 2.14. The molecule has 1 amide bonds. The van der Waals surface area contributed by atoms with E-state index in [2.05, 4.69) is 4.98 Å². The largest absolute Gasteiger partial charge is 0.508 e. The summed E-state index contributed by atoms with van der Waals surface area (Å²) in [7, 11) is 1.72. The Morgan fingerprint density at radius 2 is 2.32 bits per heavy atom. The number of anilines is 1. The lowest BCUT2D eigenvalue weighted by atomic mass is 10.2. The Morgan fingerprint density at radius 1 is 1.53 bits per heavy atom. The number of likely N-dealkylation sites (N-methyl/N-ethyl adjacent to an activating group) is 1. The van der Waals surface area contributed by atoms with Crippen molar-refractivity contribution < 1.29 is 9.90 Å². The van der Waals surface area contributed by atoms with E-state index in [4.69, 9.17) is 5.73 Å². The first-order valence-electron chi connectivity index (χ1n) is 5.76. The molecule has 3 N–H and O–H groups in total. The Hall–Kier alpha value is -2.08. The van der Waals surface area contributed by atoms with Gasteiger partial charge in [0.2, 0.25) is 5.91 Å². The normalized spacial score (nSPS) is 10.4. The highest BCUT2D eigenvalue weighted by atomic mass is 32.1. The van der Waals surface area contributed by atoms with Crippen LogP contribution in [0.1, 0.15) is 11.3 Å². The second-order valence-electron chi connectivity index (χ2n) is 4.27. The molecule has 2 aromatic rings. The Bertz CT molecular complexity index is 583. The van der Waals surface area contributed by atoms with E-state index in [0.717, 1.165) is 5.56 Å². The molecule has 19 heavy (non-hydrogen) atoms. The maximum absolute atomic E-state index is 12.0. The van der Waals surface area contributed by atoms with E-state index in [1.807, 2.05) is 6.07 Å². The topological polar surface area (TPSA) is 79.5 Å². The molecular weight excluding hydrogens is 262 g/mol. The fourth-order valence-electron chi connectivity index (χ4n) is 1.71. The number of rotatable bonds is 4. The molecule has 1 aromatic carbocycles. The van der Waals surface area contributed by atoms with Crippen LogP contribution in [0.25, 0.3) is 0 Å². The number of hydrogen-bond acceptors (Lipinski definition) is 5. The number of hydrogen-bond donors (Lipinski definition) is 2. The Balaban J connectivity index is 1.96. The third-order valence-corrected chi connectivity index (χ3v) is 3.38. The Morgan fingerprint density at radius 3 is 2.95 bits per heavy atom. The number of amides is 1. The van der Waals surface area contributed by atoms with Crippen molar-refractivity contribution in [3.8, 4) is 5.75 Å². The first kappa shape index (κ1) is 13.4. The summed E-state index contributed by atoms with van der Waals surface area (Å²) in [5.41, 5.74) is 7.10. The third kappa shape index (κ3) is 3.69. The molecular formula is C13H15N3O2S. The molecule has 0 aliphatic rings. The fourth-order valence-corrected chi connectivity index (χ4v) is 2.27. The molecule has 0 unspecified atom stereocenters. The molecule has 6 heteroatoms. The van der Waals surface area contributed by atoms with Gasteiger partial charge in [-0.1, -0.05) is 12.1 Å². The number of nitrogens with two attached hydrogens (primary N) is 1. The quantitative estimate of drug-likeness (QED) is 0.890. The first-order valence-corrected chi connectivity index (χ1v) is 6.64. The third-order valence-electron chi connectivity index (χ3n) is 2.66. The van der Waals surface area contributed by atoms with Crippen molar-refractivity contribution in [3.05, 3.63) is 40.9 Å². The van der Waals surface area contributed by atoms with Crippen LogP contribution in [0, 0.1) is 0 Å². The number of nitrogens with zero attached hydrogens (tertiary/aromatic N) is 2. The molecule has 1 heterocycles.